The van der Waals surface area contributed by atoms with Crippen LogP contribution < -0.4 is 4.90 Å². The Morgan fingerprint density at radius 2 is 1.86 bits per heavy atom. The van der Waals surface area contributed by atoms with Crippen molar-refractivity contribution in [1.82, 2.24) is 9.97 Å². The first-order chi connectivity index (χ1) is 6.70. The first-order valence-electron chi connectivity index (χ1n) is 4.02. The number of anilines is 1. The van der Waals surface area contributed by atoms with Gasteiger partial charge < -0.3 is 0 Å². The molecule has 1 aromatic rings. The smallest absolute Gasteiger partial charge is 0.261 e. The molecule has 0 spiro atoms. The molecule has 0 saturated heterocycles. The normalized spacial score (nSPS) is 16.1. The van der Waals surface area contributed by atoms with E-state index in [1.807, 2.05) is 0 Å². The zero-order valence-corrected chi connectivity index (χ0v) is 7.47. The summed E-state index contributed by atoms with van der Waals surface area (Å²) in [4.78, 5) is 31.4. The van der Waals surface area contributed by atoms with Crippen LogP contribution in [0, 0.1) is 0 Å². The summed E-state index contributed by atoms with van der Waals surface area (Å²) in [5.74, 6) is -0.660. The largest absolute Gasteiger partial charge is 0.269 e. The molecule has 1 aliphatic rings. The molecule has 2 rings (SSSR count). The van der Waals surface area contributed by atoms with Gasteiger partial charge in [-0.05, 0) is 6.92 Å². The van der Waals surface area contributed by atoms with E-state index in [-0.39, 0.29) is 11.8 Å². The minimum atomic E-state index is -0.345. The number of carbonyl (C=O) groups excluding carboxylic acids is 2. The second-order valence-electron chi connectivity index (χ2n) is 2.90. The molecule has 5 nitrogen and oxygen atoms in total. The van der Waals surface area contributed by atoms with Gasteiger partial charge in [0.2, 0.25) is 0 Å². The van der Waals surface area contributed by atoms with E-state index in [4.69, 9.17) is 0 Å². The molecule has 0 radical (unpaired) electrons. The summed E-state index contributed by atoms with van der Waals surface area (Å²) in [5.41, 5.74) is 0.828. The molecule has 5 heteroatoms. The lowest BCUT2D eigenvalue weighted by atomic mass is 10.3. The lowest BCUT2D eigenvalue weighted by Gasteiger charge is -2.12. The van der Waals surface area contributed by atoms with Gasteiger partial charge in [0.25, 0.3) is 11.8 Å². The second kappa shape index (κ2) is 3.02. The highest BCUT2D eigenvalue weighted by Crippen LogP contribution is 2.19. The van der Waals surface area contributed by atoms with E-state index in [0.717, 1.165) is 4.90 Å². The van der Waals surface area contributed by atoms with Crippen LogP contribution >= 0.6 is 0 Å². The number of imide groups is 1. The highest BCUT2D eigenvalue weighted by molar-refractivity contribution is 6.30. The van der Waals surface area contributed by atoms with Crippen molar-refractivity contribution in [3.8, 4) is 0 Å². The number of hydrogen-bond donors (Lipinski definition) is 0. The van der Waals surface area contributed by atoms with Crippen LogP contribution in [0.2, 0.25) is 0 Å². The van der Waals surface area contributed by atoms with E-state index in [1.54, 1.807) is 6.92 Å². The molecule has 0 unspecified atom stereocenters. The van der Waals surface area contributed by atoms with Gasteiger partial charge in [0, 0.05) is 11.6 Å². The van der Waals surface area contributed by atoms with Gasteiger partial charge >= 0.3 is 0 Å². The SMILES string of the molecule is CC1=CC(=O)N(c2cncnc2)C1=O. The lowest BCUT2D eigenvalue weighted by Crippen LogP contribution is -2.30. The monoisotopic (exact) mass is 189 g/mol. The number of carbonyl (C=O) groups is 2. The van der Waals surface area contributed by atoms with Gasteiger partial charge in [0.05, 0.1) is 18.1 Å². The standard InChI is InChI=1S/C9H7N3O2/c1-6-2-8(13)12(9(6)14)7-3-10-5-11-4-7/h2-5H,1H3. The average Bonchev–Trinajstić information content (AvgIpc) is 2.43. The predicted molar refractivity (Wildman–Crippen MR) is 48.3 cm³/mol. The number of rotatable bonds is 1. The van der Waals surface area contributed by atoms with Crippen molar-refractivity contribution in [3.05, 3.63) is 30.4 Å². The number of nitrogens with zero attached hydrogens (tertiary/aromatic N) is 3. The zero-order valence-electron chi connectivity index (χ0n) is 7.47. The molecule has 0 atom stereocenters. The summed E-state index contributed by atoms with van der Waals surface area (Å²) in [6.07, 6.45) is 5.49. The number of amides is 2. The Labute approximate surface area is 80.1 Å². The van der Waals surface area contributed by atoms with E-state index in [9.17, 15) is 9.59 Å². The van der Waals surface area contributed by atoms with E-state index >= 15 is 0 Å². The Morgan fingerprint density at radius 1 is 1.21 bits per heavy atom. The summed E-state index contributed by atoms with van der Waals surface area (Å²) in [7, 11) is 0. The molecular formula is C9H7N3O2. The van der Waals surface area contributed by atoms with Crippen LogP contribution in [0.5, 0.6) is 0 Å². The van der Waals surface area contributed by atoms with Crippen LogP contribution in [0.4, 0.5) is 5.69 Å². The minimum absolute atomic E-state index is 0.315. The van der Waals surface area contributed by atoms with E-state index in [2.05, 4.69) is 9.97 Å². The van der Waals surface area contributed by atoms with Crippen LogP contribution in [0.25, 0.3) is 0 Å². The highest BCUT2D eigenvalue weighted by atomic mass is 16.2. The average molecular weight is 189 g/mol. The van der Waals surface area contributed by atoms with Gasteiger partial charge in [-0.3, -0.25) is 9.59 Å². The van der Waals surface area contributed by atoms with Crippen LogP contribution in [0.15, 0.2) is 30.4 Å². The molecule has 1 aromatic heterocycles. The van der Waals surface area contributed by atoms with Crippen molar-refractivity contribution in [1.29, 1.82) is 0 Å². The number of hydrogen-bond acceptors (Lipinski definition) is 4. The molecule has 2 amide bonds. The van der Waals surface area contributed by atoms with Crippen LogP contribution in [-0.2, 0) is 9.59 Å². The maximum atomic E-state index is 11.5. The van der Waals surface area contributed by atoms with E-state index < -0.39 is 0 Å². The van der Waals surface area contributed by atoms with Gasteiger partial charge in [0.1, 0.15) is 6.33 Å². The maximum absolute atomic E-state index is 11.5. The summed E-state index contributed by atoms with van der Waals surface area (Å²) in [6.45, 7) is 1.60. The van der Waals surface area contributed by atoms with E-state index in [1.165, 1.54) is 24.8 Å². The fourth-order valence-corrected chi connectivity index (χ4v) is 1.24. The molecule has 0 bridgehead atoms. The third-order valence-corrected chi connectivity index (χ3v) is 1.91. The Balaban J connectivity index is 2.39. The van der Waals surface area contributed by atoms with Crippen molar-refractivity contribution in [2.75, 3.05) is 4.90 Å². The maximum Gasteiger partial charge on any atom is 0.261 e. The third-order valence-electron chi connectivity index (χ3n) is 1.91. The second-order valence-corrected chi connectivity index (χ2v) is 2.90. The van der Waals surface area contributed by atoms with Crippen LogP contribution in [0.3, 0.4) is 0 Å². The minimum Gasteiger partial charge on any atom is -0.269 e. The van der Waals surface area contributed by atoms with Crippen molar-refractivity contribution < 1.29 is 9.59 Å². The summed E-state index contributed by atoms with van der Waals surface area (Å²) in [5, 5.41) is 0. The first-order valence-corrected chi connectivity index (χ1v) is 4.02. The van der Waals surface area contributed by atoms with Gasteiger partial charge in [-0.1, -0.05) is 0 Å². The third kappa shape index (κ3) is 1.19. The summed E-state index contributed by atoms with van der Waals surface area (Å²) in [6, 6.07) is 0. The van der Waals surface area contributed by atoms with Crippen LogP contribution in [0.1, 0.15) is 6.92 Å². The summed E-state index contributed by atoms with van der Waals surface area (Å²) >= 11 is 0. The molecule has 2 heterocycles. The topological polar surface area (TPSA) is 63.2 Å². The fourth-order valence-electron chi connectivity index (χ4n) is 1.24. The van der Waals surface area contributed by atoms with Crippen molar-refractivity contribution in [2.24, 2.45) is 0 Å². The molecule has 0 aromatic carbocycles. The van der Waals surface area contributed by atoms with Crippen molar-refractivity contribution in [3.63, 3.8) is 0 Å². The van der Waals surface area contributed by atoms with Gasteiger partial charge in [0.15, 0.2) is 0 Å². The lowest BCUT2D eigenvalue weighted by molar-refractivity contribution is -0.120. The van der Waals surface area contributed by atoms with Gasteiger partial charge in [-0.25, -0.2) is 14.9 Å². The highest BCUT2D eigenvalue weighted by Gasteiger charge is 2.29. The van der Waals surface area contributed by atoms with E-state index in [0.29, 0.717) is 11.3 Å². The molecule has 0 aliphatic carbocycles. The summed E-state index contributed by atoms with van der Waals surface area (Å²) < 4.78 is 0. The van der Waals surface area contributed by atoms with Crippen molar-refractivity contribution in [2.45, 2.75) is 6.92 Å². The Hall–Kier alpha value is -2.04. The molecular weight excluding hydrogens is 182 g/mol. The number of aromatic nitrogens is 2. The molecule has 70 valence electrons. The fraction of sp³-hybridized carbons (Fsp3) is 0.111. The van der Waals surface area contributed by atoms with Crippen LogP contribution in [-0.4, -0.2) is 21.8 Å². The predicted octanol–water partition coefficient (Wildman–Crippen LogP) is 0.296. The van der Waals surface area contributed by atoms with Gasteiger partial charge in [-0.15, -0.1) is 0 Å². The zero-order chi connectivity index (χ0) is 10.1. The molecule has 0 N–H and O–H groups in total. The first kappa shape index (κ1) is 8.55. The Bertz CT molecular complexity index is 425. The quantitative estimate of drug-likeness (QED) is 0.596. The molecule has 14 heavy (non-hydrogen) atoms. The molecule has 0 fully saturated rings. The molecule has 0 saturated carbocycles. The molecule has 1 aliphatic heterocycles. The van der Waals surface area contributed by atoms with Gasteiger partial charge in [-0.2, -0.15) is 0 Å². The van der Waals surface area contributed by atoms with Crippen molar-refractivity contribution >= 4 is 17.5 Å². The Morgan fingerprint density at radius 3 is 2.36 bits per heavy atom. The Kier molecular flexibility index (Phi) is 1.85.